The first kappa shape index (κ1) is 11.7. The van der Waals surface area contributed by atoms with Gasteiger partial charge in [0, 0.05) is 19.1 Å². The summed E-state index contributed by atoms with van der Waals surface area (Å²) in [5.41, 5.74) is 1.41. The van der Waals surface area contributed by atoms with Gasteiger partial charge in [-0.25, -0.2) is 4.79 Å². The van der Waals surface area contributed by atoms with Crippen molar-refractivity contribution in [3.8, 4) is 0 Å². The van der Waals surface area contributed by atoms with Gasteiger partial charge in [-0.05, 0) is 43.2 Å². The monoisotopic (exact) mass is 245 g/mol. The fourth-order valence-corrected chi connectivity index (χ4v) is 2.50. The number of benzene rings is 1. The maximum atomic E-state index is 11.2. The number of carbonyl (C=O) groups is 1. The molecule has 2 saturated carbocycles. The van der Waals surface area contributed by atoms with Crippen molar-refractivity contribution in [3.63, 3.8) is 0 Å². The minimum atomic E-state index is -0.812. The summed E-state index contributed by atoms with van der Waals surface area (Å²) in [6.45, 7) is 1.95. The Morgan fingerprint density at radius 3 is 2.56 bits per heavy atom. The topological polar surface area (TPSA) is 40.5 Å². The van der Waals surface area contributed by atoms with Gasteiger partial charge in [0.05, 0.1) is 5.56 Å². The lowest BCUT2D eigenvalue weighted by atomic mass is 10.1. The van der Waals surface area contributed by atoms with Gasteiger partial charge in [-0.2, -0.15) is 0 Å². The maximum Gasteiger partial charge on any atom is 0.336 e. The predicted molar refractivity (Wildman–Crippen MR) is 69.6 cm³/mol. The molecule has 3 rings (SSSR count). The second kappa shape index (κ2) is 4.73. The predicted octanol–water partition coefficient (Wildman–Crippen LogP) is 2.76. The van der Waals surface area contributed by atoms with E-state index in [2.05, 4.69) is 4.90 Å². The Morgan fingerprint density at radius 1 is 1.22 bits per heavy atom. The van der Waals surface area contributed by atoms with E-state index in [9.17, 15) is 9.90 Å². The summed E-state index contributed by atoms with van der Waals surface area (Å²) in [6, 6.07) is 8.10. The summed E-state index contributed by atoms with van der Waals surface area (Å²) in [5.74, 6) is 0.0513. The van der Waals surface area contributed by atoms with Gasteiger partial charge in [0.2, 0.25) is 0 Å². The Labute approximate surface area is 107 Å². The first-order valence-corrected chi connectivity index (χ1v) is 6.79. The van der Waals surface area contributed by atoms with Gasteiger partial charge >= 0.3 is 5.97 Å². The molecule has 0 heterocycles. The molecule has 3 nitrogen and oxygen atoms in total. The lowest BCUT2D eigenvalue weighted by Gasteiger charge is -2.22. The quantitative estimate of drug-likeness (QED) is 0.837. The van der Waals surface area contributed by atoms with E-state index in [0.717, 1.165) is 24.6 Å². The van der Waals surface area contributed by atoms with Crippen LogP contribution in [0.4, 0.5) is 0 Å². The molecular weight excluding hydrogens is 226 g/mol. The zero-order valence-electron chi connectivity index (χ0n) is 10.5. The molecule has 0 amide bonds. The molecule has 1 aromatic carbocycles. The van der Waals surface area contributed by atoms with Gasteiger partial charge in [-0.3, -0.25) is 4.90 Å². The summed E-state index contributed by atoms with van der Waals surface area (Å²) < 4.78 is 0. The number of hydrogen-bond donors (Lipinski definition) is 1. The van der Waals surface area contributed by atoms with Crippen LogP contribution in [0.2, 0.25) is 0 Å². The molecule has 1 aromatic rings. The summed E-state index contributed by atoms with van der Waals surface area (Å²) in [6.07, 6.45) is 5.26. The van der Waals surface area contributed by atoms with Crippen LogP contribution in [0.15, 0.2) is 24.3 Å². The molecule has 1 N–H and O–H groups in total. The summed E-state index contributed by atoms with van der Waals surface area (Å²) in [5, 5.41) is 9.21. The fraction of sp³-hybridized carbons (Fsp3) is 0.533. The second-order valence-electron chi connectivity index (χ2n) is 5.57. The van der Waals surface area contributed by atoms with Crippen molar-refractivity contribution in [1.29, 1.82) is 0 Å². The molecule has 0 bridgehead atoms. The third-order valence-corrected chi connectivity index (χ3v) is 3.87. The van der Waals surface area contributed by atoms with Crippen LogP contribution in [0.1, 0.15) is 41.6 Å². The zero-order valence-corrected chi connectivity index (χ0v) is 10.5. The molecule has 2 fully saturated rings. The minimum Gasteiger partial charge on any atom is -0.478 e. The largest absolute Gasteiger partial charge is 0.478 e. The number of carboxylic acids is 1. The van der Waals surface area contributed by atoms with Crippen molar-refractivity contribution in [1.82, 2.24) is 4.90 Å². The van der Waals surface area contributed by atoms with Crippen LogP contribution in [0.3, 0.4) is 0 Å². The summed E-state index contributed by atoms with van der Waals surface area (Å²) >= 11 is 0. The number of aromatic carboxylic acids is 1. The standard InChI is InChI=1S/C15H19NO2/c17-15(18)14-4-2-1-3-12(14)10-16(13-7-8-13)9-11-5-6-11/h1-4,11,13H,5-10H2,(H,17,18). The van der Waals surface area contributed by atoms with E-state index in [0.29, 0.717) is 11.6 Å². The van der Waals surface area contributed by atoms with Gasteiger partial charge < -0.3 is 5.11 Å². The van der Waals surface area contributed by atoms with Crippen molar-refractivity contribution < 1.29 is 9.90 Å². The molecule has 96 valence electrons. The highest BCUT2D eigenvalue weighted by Crippen LogP contribution is 2.35. The van der Waals surface area contributed by atoms with Crippen molar-refractivity contribution in [3.05, 3.63) is 35.4 Å². The Kier molecular flexibility index (Phi) is 3.08. The van der Waals surface area contributed by atoms with Crippen molar-refractivity contribution >= 4 is 5.97 Å². The number of rotatable bonds is 6. The molecule has 0 unspecified atom stereocenters. The SMILES string of the molecule is O=C(O)c1ccccc1CN(CC1CC1)C1CC1. The van der Waals surface area contributed by atoms with Gasteiger partial charge in [0.1, 0.15) is 0 Å². The normalized spacial score (nSPS) is 19.2. The van der Waals surface area contributed by atoms with Crippen molar-refractivity contribution in [2.45, 2.75) is 38.3 Å². The van der Waals surface area contributed by atoms with Gasteiger partial charge in [-0.15, -0.1) is 0 Å². The molecule has 3 heteroatoms. The lowest BCUT2D eigenvalue weighted by Crippen LogP contribution is -2.28. The molecule has 2 aliphatic rings. The second-order valence-corrected chi connectivity index (χ2v) is 5.57. The van der Waals surface area contributed by atoms with E-state index in [-0.39, 0.29) is 0 Å². The number of hydrogen-bond acceptors (Lipinski definition) is 2. The van der Waals surface area contributed by atoms with Gasteiger partial charge in [0.25, 0.3) is 0 Å². The first-order chi connectivity index (χ1) is 8.74. The van der Waals surface area contributed by atoms with E-state index >= 15 is 0 Å². The summed E-state index contributed by atoms with van der Waals surface area (Å²) in [7, 11) is 0. The molecule has 0 radical (unpaired) electrons. The first-order valence-electron chi connectivity index (χ1n) is 6.79. The van der Waals surface area contributed by atoms with Crippen LogP contribution >= 0.6 is 0 Å². The Hall–Kier alpha value is -1.35. The van der Waals surface area contributed by atoms with Crippen molar-refractivity contribution in [2.75, 3.05) is 6.54 Å². The molecule has 18 heavy (non-hydrogen) atoms. The van der Waals surface area contributed by atoms with Crippen molar-refractivity contribution in [2.24, 2.45) is 5.92 Å². The molecule has 2 aliphatic carbocycles. The van der Waals surface area contributed by atoms with Crippen LogP contribution in [-0.4, -0.2) is 28.6 Å². The van der Waals surface area contributed by atoms with E-state index in [1.54, 1.807) is 12.1 Å². The fourth-order valence-electron chi connectivity index (χ4n) is 2.50. The van der Waals surface area contributed by atoms with Crippen LogP contribution in [0.5, 0.6) is 0 Å². The third kappa shape index (κ3) is 2.72. The molecule has 0 saturated heterocycles. The Bertz CT molecular complexity index is 450. The highest BCUT2D eigenvalue weighted by Gasteiger charge is 2.33. The third-order valence-electron chi connectivity index (χ3n) is 3.87. The van der Waals surface area contributed by atoms with Crippen LogP contribution in [0.25, 0.3) is 0 Å². The van der Waals surface area contributed by atoms with E-state index in [1.165, 1.54) is 25.7 Å². The van der Waals surface area contributed by atoms with E-state index in [1.807, 2.05) is 12.1 Å². The number of nitrogens with zero attached hydrogens (tertiary/aromatic N) is 1. The minimum absolute atomic E-state index is 0.457. The molecular formula is C15H19NO2. The average Bonchev–Trinajstić information content (AvgIpc) is 3.22. The average molecular weight is 245 g/mol. The molecule has 0 spiro atoms. The Balaban J connectivity index is 1.74. The summed E-state index contributed by atoms with van der Waals surface area (Å²) in [4.78, 5) is 13.7. The van der Waals surface area contributed by atoms with E-state index in [4.69, 9.17) is 0 Å². The van der Waals surface area contributed by atoms with Crippen LogP contribution < -0.4 is 0 Å². The highest BCUT2D eigenvalue weighted by molar-refractivity contribution is 5.89. The van der Waals surface area contributed by atoms with Crippen LogP contribution in [0, 0.1) is 5.92 Å². The van der Waals surface area contributed by atoms with E-state index < -0.39 is 5.97 Å². The maximum absolute atomic E-state index is 11.2. The van der Waals surface area contributed by atoms with Gasteiger partial charge in [0.15, 0.2) is 0 Å². The van der Waals surface area contributed by atoms with Crippen LogP contribution in [-0.2, 0) is 6.54 Å². The zero-order chi connectivity index (χ0) is 12.5. The lowest BCUT2D eigenvalue weighted by molar-refractivity contribution is 0.0694. The highest BCUT2D eigenvalue weighted by atomic mass is 16.4. The molecule has 0 atom stereocenters. The molecule has 0 aliphatic heterocycles. The number of carboxylic acid groups (broad SMARTS) is 1. The molecule has 0 aromatic heterocycles. The smallest absolute Gasteiger partial charge is 0.336 e. The van der Waals surface area contributed by atoms with Gasteiger partial charge in [-0.1, -0.05) is 18.2 Å². The Morgan fingerprint density at radius 2 is 1.94 bits per heavy atom.